The fraction of sp³-hybridized carbons (Fsp3) is 0.412. The summed E-state index contributed by atoms with van der Waals surface area (Å²) in [6.07, 6.45) is 4.79. The molecule has 3 nitrogen and oxygen atoms in total. The largest absolute Gasteiger partial charge is 0.373 e. The Kier molecular flexibility index (Phi) is 3.43. The molecule has 1 aliphatic rings. The Morgan fingerprint density at radius 2 is 1.75 bits per heavy atom. The Hall–Kier alpha value is -1.90. The number of hydrogen-bond donors (Lipinski definition) is 1. The molecule has 3 heteroatoms. The van der Waals surface area contributed by atoms with Crippen molar-refractivity contribution in [2.75, 3.05) is 12.4 Å². The van der Waals surface area contributed by atoms with E-state index in [1.807, 2.05) is 20.0 Å². The first-order valence-corrected chi connectivity index (χ1v) is 7.34. The highest BCUT2D eigenvalue weighted by molar-refractivity contribution is 5.40. The minimum absolute atomic E-state index is 0.00111. The van der Waals surface area contributed by atoms with E-state index in [2.05, 4.69) is 35.6 Å². The third-order valence-corrected chi connectivity index (χ3v) is 4.32. The number of nitrogens with zero attached hydrogens (tertiary/aromatic N) is 2. The first kappa shape index (κ1) is 13.1. The van der Waals surface area contributed by atoms with Crippen LogP contribution in [0.15, 0.2) is 36.4 Å². The van der Waals surface area contributed by atoms with Gasteiger partial charge in [0.05, 0.1) is 5.41 Å². The van der Waals surface area contributed by atoms with E-state index in [1.165, 1.54) is 18.4 Å². The van der Waals surface area contributed by atoms with Crippen LogP contribution in [0.3, 0.4) is 0 Å². The van der Waals surface area contributed by atoms with Crippen LogP contribution in [0, 0.1) is 6.92 Å². The molecule has 1 aromatic heterocycles. The quantitative estimate of drug-likeness (QED) is 0.921. The van der Waals surface area contributed by atoms with E-state index in [9.17, 15) is 0 Å². The van der Waals surface area contributed by atoms with Crippen molar-refractivity contribution in [1.82, 2.24) is 9.97 Å². The van der Waals surface area contributed by atoms with E-state index in [4.69, 9.17) is 9.97 Å². The maximum Gasteiger partial charge on any atom is 0.141 e. The molecule has 20 heavy (non-hydrogen) atoms. The topological polar surface area (TPSA) is 37.8 Å². The molecule has 0 atom stereocenters. The van der Waals surface area contributed by atoms with Crippen molar-refractivity contribution >= 4 is 5.82 Å². The molecule has 1 saturated carbocycles. The number of hydrogen-bond acceptors (Lipinski definition) is 3. The van der Waals surface area contributed by atoms with E-state index < -0.39 is 0 Å². The molecule has 104 valence electrons. The molecule has 0 bridgehead atoms. The van der Waals surface area contributed by atoms with Crippen molar-refractivity contribution in [3.8, 4) is 0 Å². The molecule has 0 saturated heterocycles. The van der Waals surface area contributed by atoms with Crippen molar-refractivity contribution in [1.29, 1.82) is 0 Å². The highest BCUT2D eigenvalue weighted by Gasteiger charge is 2.40. The van der Waals surface area contributed by atoms with Gasteiger partial charge in [0.15, 0.2) is 0 Å². The van der Waals surface area contributed by atoms with Gasteiger partial charge in [-0.1, -0.05) is 43.2 Å². The summed E-state index contributed by atoms with van der Waals surface area (Å²) in [5.41, 5.74) is 2.38. The van der Waals surface area contributed by atoms with Gasteiger partial charge in [-0.25, -0.2) is 9.97 Å². The lowest BCUT2D eigenvalue weighted by Crippen LogP contribution is -2.27. The van der Waals surface area contributed by atoms with Crippen LogP contribution in [0.25, 0.3) is 0 Å². The Morgan fingerprint density at radius 1 is 1.05 bits per heavy atom. The smallest absolute Gasteiger partial charge is 0.141 e. The molecule has 2 aromatic rings. The van der Waals surface area contributed by atoms with Crippen LogP contribution in [-0.4, -0.2) is 17.0 Å². The van der Waals surface area contributed by atoms with Gasteiger partial charge in [-0.15, -0.1) is 0 Å². The van der Waals surface area contributed by atoms with Crippen LogP contribution < -0.4 is 5.32 Å². The highest BCUT2D eigenvalue weighted by Crippen LogP contribution is 2.45. The van der Waals surface area contributed by atoms with E-state index in [0.29, 0.717) is 0 Å². The van der Waals surface area contributed by atoms with Gasteiger partial charge in [0.25, 0.3) is 0 Å². The molecular formula is C17H21N3. The Bertz CT molecular complexity index is 586. The standard InChI is InChI=1S/C17H21N3/c1-13-12-15(18-2)20-16(19-13)17(10-6-7-11-17)14-8-4-3-5-9-14/h3-5,8-9,12H,6-7,10-11H2,1-2H3,(H,18,19,20). The van der Waals surface area contributed by atoms with E-state index >= 15 is 0 Å². The van der Waals surface area contributed by atoms with Crippen molar-refractivity contribution < 1.29 is 0 Å². The van der Waals surface area contributed by atoms with Gasteiger partial charge >= 0.3 is 0 Å². The molecule has 1 heterocycles. The fourth-order valence-corrected chi connectivity index (χ4v) is 3.29. The molecule has 0 radical (unpaired) electrons. The van der Waals surface area contributed by atoms with Gasteiger partial charge in [-0.05, 0) is 25.3 Å². The summed E-state index contributed by atoms with van der Waals surface area (Å²) in [7, 11) is 1.91. The predicted molar refractivity (Wildman–Crippen MR) is 82.0 cm³/mol. The van der Waals surface area contributed by atoms with Crippen LogP contribution >= 0.6 is 0 Å². The average Bonchev–Trinajstić information content (AvgIpc) is 2.98. The monoisotopic (exact) mass is 267 g/mol. The third kappa shape index (κ3) is 2.17. The van der Waals surface area contributed by atoms with Crippen LogP contribution in [0.4, 0.5) is 5.82 Å². The molecule has 1 N–H and O–H groups in total. The normalized spacial score (nSPS) is 17.1. The van der Waals surface area contributed by atoms with Crippen LogP contribution in [0.1, 0.15) is 42.8 Å². The highest BCUT2D eigenvalue weighted by atomic mass is 15.0. The van der Waals surface area contributed by atoms with Gasteiger partial charge in [-0.3, -0.25) is 0 Å². The first-order chi connectivity index (χ1) is 9.74. The molecule has 1 aromatic carbocycles. The van der Waals surface area contributed by atoms with Crippen molar-refractivity contribution in [3.63, 3.8) is 0 Å². The average molecular weight is 267 g/mol. The molecule has 0 amide bonds. The molecule has 0 spiro atoms. The third-order valence-electron chi connectivity index (χ3n) is 4.32. The molecular weight excluding hydrogens is 246 g/mol. The molecule has 1 aliphatic carbocycles. The second-order valence-corrected chi connectivity index (χ2v) is 5.62. The summed E-state index contributed by atoms with van der Waals surface area (Å²) in [6, 6.07) is 12.7. The van der Waals surface area contributed by atoms with Gasteiger partial charge in [-0.2, -0.15) is 0 Å². The first-order valence-electron chi connectivity index (χ1n) is 7.34. The lowest BCUT2D eigenvalue weighted by molar-refractivity contribution is 0.498. The van der Waals surface area contributed by atoms with Gasteiger partial charge in [0, 0.05) is 18.8 Å². The fourth-order valence-electron chi connectivity index (χ4n) is 3.29. The summed E-state index contributed by atoms with van der Waals surface area (Å²) in [5.74, 6) is 1.89. The second-order valence-electron chi connectivity index (χ2n) is 5.62. The van der Waals surface area contributed by atoms with Crippen LogP contribution in [0.5, 0.6) is 0 Å². The lowest BCUT2D eigenvalue weighted by atomic mass is 9.78. The Labute approximate surface area is 120 Å². The van der Waals surface area contributed by atoms with E-state index in [1.54, 1.807) is 0 Å². The molecule has 1 fully saturated rings. The predicted octanol–water partition coefficient (Wildman–Crippen LogP) is 3.69. The van der Waals surface area contributed by atoms with E-state index in [0.717, 1.165) is 30.2 Å². The molecule has 0 aliphatic heterocycles. The maximum absolute atomic E-state index is 4.76. The van der Waals surface area contributed by atoms with Crippen molar-refractivity contribution in [2.45, 2.75) is 38.0 Å². The summed E-state index contributed by atoms with van der Waals surface area (Å²) in [6.45, 7) is 2.04. The van der Waals surface area contributed by atoms with Crippen LogP contribution in [-0.2, 0) is 5.41 Å². The Morgan fingerprint density at radius 3 is 2.40 bits per heavy atom. The SMILES string of the molecule is CNc1cc(C)nc(C2(c3ccccc3)CCCC2)n1. The number of nitrogens with one attached hydrogen (secondary N) is 1. The van der Waals surface area contributed by atoms with Crippen molar-refractivity contribution in [3.05, 3.63) is 53.5 Å². The van der Waals surface area contributed by atoms with Gasteiger partial charge < -0.3 is 5.32 Å². The maximum atomic E-state index is 4.76. The Balaban J connectivity index is 2.14. The summed E-state index contributed by atoms with van der Waals surface area (Å²) in [4.78, 5) is 9.52. The number of aryl methyl sites for hydroxylation is 1. The minimum atomic E-state index is -0.00111. The number of anilines is 1. The minimum Gasteiger partial charge on any atom is -0.373 e. The molecule has 3 rings (SSSR count). The van der Waals surface area contributed by atoms with E-state index in [-0.39, 0.29) is 5.41 Å². The van der Waals surface area contributed by atoms with Gasteiger partial charge in [0.2, 0.25) is 0 Å². The zero-order chi connectivity index (χ0) is 14.0. The summed E-state index contributed by atoms with van der Waals surface area (Å²) >= 11 is 0. The summed E-state index contributed by atoms with van der Waals surface area (Å²) in [5, 5.41) is 3.15. The number of benzene rings is 1. The van der Waals surface area contributed by atoms with Crippen molar-refractivity contribution in [2.24, 2.45) is 0 Å². The lowest BCUT2D eigenvalue weighted by Gasteiger charge is -2.28. The number of rotatable bonds is 3. The molecule has 0 unspecified atom stereocenters. The summed E-state index contributed by atoms with van der Waals surface area (Å²) < 4.78 is 0. The zero-order valence-electron chi connectivity index (χ0n) is 12.2. The second kappa shape index (κ2) is 5.23. The zero-order valence-corrected chi connectivity index (χ0v) is 12.2. The number of aromatic nitrogens is 2. The van der Waals surface area contributed by atoms with Gasteiger partial charge in [0.1, 0.15) is 11.6 Å². The van der Waals surface area contributed by atoms with Crippen LogP contribution in [0.2, 0.25) is 0 Å².